The standard InChI is InChI=1S/C20H24N4O3/c1-6-27-17-8-7-15(10-18(17)26-5)14(4)23-20(25)16-11-21-24-13(3)9-12(2)22-19(16)24/h7-11,14H,6H2,1-5H3,(H,23,25). The van der Waals surface area contributed by atoms with Gasteiger partial charge in [0, 0.05) is 11.4 Å². The highest BCUT2D eigenvalue weighted by Crippen LogP contribution is 2.30. The molecule has 1 atom stereocenters. The molecule has 1 unspecified atom stereocenters. The number of rotatable bonds is 6. The lowest BCUT2D eigenvalue weighted by atomic mass is 10.1. The Morgan fingerprint density at radius 1 is 1.26 bits per heavy atom. The van der Waals surface area contributed by atoms with Gasteiger partial charge in [0.1, 0.15) is 5.56 Å². The molecule has 0 saturated heterocycles. The molecule has 1 N–H and O–H groups in total. The molecule has 3 rings (SSSR count). The van der Waals surface area contributed by atoms with Gasteiger partial charge in [-0.25, -0.2) is 9.50 Å². The Bertz CT molecular complexity index is 981. The first-order valence-electron chi connectivity index (χ1n) is 8.88. The number of carbonyl (C=O) groups excluding carboxylic acids is 1. The molecule has 0 fully saturated rings. The summed E-state index contributed by atoms with van der Waals surface area (Å²) >= 11 is 0. The summed E-state index contributed by atoms with van der Waals surface area (Å²) in [5.41, 5.74) is 3.70. The number of carbonyl (C=O) groups is 1. The Labute approximate surface area is 158 Å². The third-order valence-electron chi connectivity index (χ3n) is 4.36. The van der Waals surface area contributed by atoms with Gasteiger partial charge in [0.2, 0.25) is 0 Å². The number of aryl methyl sites for hydroxylation is 2. The van der Waals surface area contributed by atoms with Gasteiger partial charge >= 0.3 is 0 Å². The Morgan fingerprint density at radius 2 is 2.04 bits per heavy atom. The molecular formula is C20H24N4O3. The molecule has 0 spiro atoms. The number of ether oxygens (including phenoxy) is 2. The molecule has 1 aromatic carbocycles. The lowest BCUT2D eigenvalue weighted by Gasteiger charge is -2.16. The summed E-state index contributed by atoms with van der Waals surface area (Å²) in [5.74, 6) is 1.10. The molecule has 2 aromatic heterocycles. The van der Waals surface area contributed by atoms with E-state index in [0.717, 1.165) is 17.0 Å². The number of hydrogen-bond donors (Lipinski definition) is 1. The fourth-order valence-electron chi connectivity index (χ4n) is 3.02. The van der Waals surface area contributed by atoms with Crippen molar-refractivity contribution in [1.82, 2.24) is 19.9 Å². The molecule has 0 saturated carbocycles. The number of aromatic nitrogens is 3. The van der Waals surface area contributed by atoms with Gasteiger partial charge in [0.05, 0.1) is 26.0 Å². The number of nitrogens with one attached hydrogen (secondary N) is 1. The third-order valence-corrected chi connectivity index (χ3v) is 4.36. The first-order valence-corrected chi connectivity index (χ1v) is 8.88. The maximum atomic E-state index is 12.8. The van der Waals surface area contributed by atoms with E-state index >= 15 is 0 Å². The minimum Gasteiger partial charge on any atom is -0.493 e. The average Bonchev–Trinajstić information content (AvgIpc) is 3.06. The van der Waals surface area contributed by atoms with Crippen molar-refractivity contribution >= 4 is 11.6 Å². The summed E-state index contributed by atoms with van der Waals surface area (Å²) in [6, 6.07) is 7.35. The predicted molar refractivity (Wildman–Crippen MR) is 103 cm³/mol. The maximum Gasteiger partial charge on any atom is 0.257 e. The second-order valence-corrected chi connectivity index (χ2v) is 6.37. The Hall–Kier alpha value is -3.09. The van der Waals surface area contributed by atoms with Crippen LogP contribution < -0.4 is 14.8 Å². The van der Waals surface area contributed by atoms with Crippen molar-refractivity contribution in [1.29, 1.82) is 0 Å². The van der Waals surface area contributed by atoms with E-state index in [-0.39, 0.29) is 11.9 Å². The summed E-state index contributed by atoms with van der Waals surface area (Å²) in [4.78, 5) is 17.2. The number of amides is 1. The van der Waals surface area contributed by atoms with E-state index < -0.39 is 0 Å². The van der Waals surface area contributed by atoms with Crippen molar-refractivity contribution in [2.45, 2.75) is 33.7 Å². The number of fused-ring (bicyclic) bond motifs is 1. The molecule has 0 aliphatic carbocycles. The predicted octanol–water partition coefficient (Wildman–Crippen LogP) is 3.24. The van der Waals surface area contributed by atoms with Crippen LogP contribution in [0, 0.1) is 13.8 Å². The Morgan fingerprint density at radius 3 is 2.74 bits per heavy atom. The van der Waals surface area contributed by atoms with Crippen LogP contribution in [0.5, 0.6) is 11.5 Å². The normalized spacial score (nSPS) is 12.0. The van der Waals surface area contributed by atoms with Gasteiger partial charge in [-0.3, -0.25) is 4.79 Å². The summed E-state index contributed by atoms with van der Waals surface area (Å²) in [5, 5.41) is 7.28. The fourth-order valence-corrected chi connectivity index (χ4v) is 3.02. The SMILES string of the molecule is CCOc1ccc(C(C)NC(=O)c2cnn3c(C)cc(C)nc23)cc1OC. The highest BCUT2D eigenvalue weighted by Gasteiger charge is 2.19. The summed E-state index contributed by atoms with van der Waals surface area (Å²) in [7, 11) is 1.60. The number of nitrogens with zero attached hydrogens (tertiary/aromatic N) is 3. The fraction of sp³-hybridized carbons (Fsp3) is 0.350. The van der Waals surface area contributed by atoms with Gasteiger partial charge < -0.3 is 14.8 Å². The van der Waals surface area contributed by atoms with E-state index in [9.17, 15) is 4.79 Å². The molecule has 7 heteroatoms. The zero-order valence-electron chi connectivity index (χ0n) is 16.2. The molecule has 0 aliphatic rings. The topological polar surface area (TPSA) is 77.8 Å². The van der Waals surface area contributed by atoms with E-state index in [1.807, 2.05) is 52.0 Å². The minimum atomic E-state index is -0.220. The molecule has 142 valence electrons. The highest BCUT2D eigenvalue weighted by molar-refractivity contribution is 5.99. The zero-order valence-corrected chi connectivity index (χ0v) is 16.2. The van der Waals surface area contributed by atoms with Gasteiger partial charge in [-0.2, -0.15) is 5.10 Å². The molecule has 3 aromatic rings. The van der Waals surface area contributed by atoms with Crippen LogP contribution in [0.15, 0.2) is 30.5 Å². The van der Waals surface area contributed by atoms with Gasteiger partial charge in [0.15, 0.2) is 17.1 Å². The van der Waals surface area contributed by atoms with Crippen LogP contribution in [-0.2, 0) is 0 Å². The van der Waals surface area contributed by atoms with Crippen molar-refractivity contribution < 1.29 is 14.3 Å². The molecule has 0 aliphatic heterocycles. The molecule has 7 nitrogen and oxygen atoms in total. The van der Waals surface area contributed by atoms with E-state index in [4.69, 9.17) is 9.47 Å². The van der Waals surface area contributed by atoms with Crippen LogP contribution in [0.2, 0.25) is 0 Å². The molecule has 2 heterocycles. The molecular weight excluding hydrogens is 344 g/mol. The summed E-state index contributed by atoms with van der Waals surface area (Å²) in [6.45, 7) is 8.23. The highest BCUT2D eigenvalue weighted by atomic mass is 16.5. The number of benzene rings is 1. The molecule has 27 heavy (non-hydrogen) atoms. The Balaban J connectivity index is 1.84. The Kier molecular flexibility index (Phi) is 5.30. The largest absolute Gasteiger partial charge is 0.493 e. The van der Waals surface area contributed by atoms with E-state index in [2.05, 4.69) is 15.4 Å². The second-order valence-electron chi connectivity index (χ2n) is 6.37. The summed E-state index contributed by atoms with van der Waals surface area (Å²) in [6.07, 6.45) is 1.55. The van der Waals surface area contributed by atoms with E-state index in [1.54, 1.807) is 17.8 Å². The summed E-state index contributed by atoms with van der Waals surface area (Å²) < 4.78 is 12.6. The van der Waals surface area contributed by atoms with Crippen LogP contribution in [-0.4, -0.2) is 34.2 Å². The number of hydrogen-bond acceptors (Lipinski definition) is 5. The van der Waals surface area contributed by atoms with Crippen molar-refractivity contribution in [3.05, 3.63) is 53.0 Å². The monoisotopic (exact) mass is 368 g/mol. The quantitative estimate of drug-likeness (QED) is 0.723. The molecule has 0 radical (unpaired) electrons. The van der Waals surface area contributed by atoms with Crippen LogP contribution in [0.1, 0.15) is 47.2 Å². The van der Waals surface area contributed by atoms with Crippen molar-refractivity contribution in [3.8, 4) is 11.5 Å². The molecule has 0 bridgehead atoms. The van der Waals surface area contributed by atoms with Gasteiger partial charge in [0.25, 0.3) is 5.91 Å². The van der Waals surface area contributed by atoms with Gasteiger partial charge in [-0.05, 0) is 51.5 Å². The van der Waals surface area contributed by atoms with E-state index in [0.29, 0.717) is 29.3 Å². The van der Waals surface area contributed by atoms with E-state index in [1.165, 1.54) is 0 Å². The molecule has 1 amide bonds. The van der Waals surface area contributed by atoms with Crippen LogP contribution in [0.4, 0.5) is 0 Å². The smallest absolute Gasteiger partial charge is 0.257 e. The van der Waals surface area contributed by atoms with Crippen LogP contribution in [0.3, 0.4) is 0 Å². The van der Waals surface area contributed by atoms with Crippen molar-refractivity contribution in [2.75, 3.05) is 13.7 Å². The first kappa shape index (κ1) is 18.7. The van der Waals surface area contributed by atoms with Gasteiger partial charge in [-0.15, -0.1) is 0 Å². The first-order chi connectivity index (χ1) is 12.9. The second kappa shape index (κ2) is 7.65. The van der Waals surface area contributed by atoms with Crippen LogP contribution in [0.25, 0.3) is 5.65 Å². The van der Waals surface area contributed by atoms with Crippen molar-refractivity contribution in [3.63, 3.8) is 0 Å². The number of methoxy groups -OCH3 is 1. The van der Waals surface area contributed by atoms with Gasteiger partial charge in [-0.1, -0.05) is 6.07 Å². The average molecular weight is 368 g/mol. The minimum absolute atomic E-state index is 0.220. The lowest BCUT2D eigenvalue weighted by molar-refractivity contribution is 0.0941. The van der Waals surface area contributed by atoms with Crippen LogP contribution >= 0.6 is 0 Å². The maximum absolute atomic E-state index is 12.8. The third kappa shape index (κ3) is 3.72. The van der Waals surface area contributed by atoms with Crippen molar-refractivity contribution in [2.24, 2.45) is 0 Å². The lowest BCUT2D eigenvalue weighted by Crippen LogP contribution is -2.26. The zero-order chi connectivity index (χ0) is 19.6.